The lowest BCUT2D eigenvalue weighted by atomic mass is 10.1. The summed E-state index contributed by atoms with van der Waals surface area (Å²) in [6.07, 6.45) is 3.62. The molecule has 0 radical (unpaired) electrons. The fraction of sp³-hybridized carbons (Fsp3) is 0.444. The molecule has 1 aromatic heterocycles. The topological polar surface area (TPSA) is 87.3 Å². The van der Waals surface area contributed by atoms with Crippen LogP contribution in [0.2, 0.25) is 0 Å². The molecule has 2 N–H and O–H groups in total. The Balaban J connectivity index is 2.46. The fourth-order valence-electron chi connectivity index (χ4n) is 0.919. The zero-order valence-electron chi connectivity index (χ0n) is 8.64. The second-order valence-electron chi connectivity index (χ2n) is 3.54. The predicted molar refractivity (Wildman–Crippen MR) is 52.3 cm³/mol. The van der Waals surface area contributed by atoms with Crippen LogP contribution in [0.5, 0.6) is 5.75 Å². The van der Waals surface area contributed by atoms with Gasteiger partial charge in [0, 0.05) is 0 Å². The van der Waals surface area contributed by atoms with E-state index in [1.165, 1.54) is 18.7 Å². The maximum atomic E-state index is 10.5. The molecular weight excluding hydrogens is 198 g/mol. The Hall–Kier alpha value is -1.85. The molecule has 82 valence electrons. The summed E-state index contributed by atoms with van der Waals surface area (Å²) in [7, 11) is 0. The predicted octanol–water partition coefficient (Wildman–Crippen LogP) is 0.729. The van der Waals surface area contributed by atoms with Crippen molar-refractivity contribution in [2.45, 2.75) is 19.4 Å². The van der Waals surface area contributed by atoms with E-state index in [9.17, 15) is 4.79 Å². The number of hydrogen-bond acceptors (Lipinski definition) is 5. The Morgan fingerprint density at radius 1 is 1.47 bits per heavy atom. The van der Waals surface area contributed by atoms with Crippen LogP contribution < -0.4 is 10.5 Å². The van der Waals surface area contributed by atoms with Crippen molar-refractivity contribution in [1.82, 2.24) is 9.97 Å². The number of hydrogen-bond donors (Lipinski definition) is 1. The zero-order chi connectivity index (χ0) is 11.3. The van der Waals surface area contributed by atoms with Gasteiger partial charge in [-0.15, -0.1) is 0 Å². The smallest absolute Gasteiger partial charge is 0.405 e. The highest BCUT2D eigenvalue weighted by atomic mass is 16.6. The van der Waals surface area contributed by atoms with Crippen molar-refractivity contribution in [2.24, 2.45) is 5.73 Å². The summed E-state index contributed by atoms with van der Waals surface area (Å²) >= 11 is 0. The van der Waals surface area contributed by atoms with E-state index in [0.717, 1.165) is 0 Å². The van der Waals surface area contributed by atoms with E-state index in [2.05, 4.69) is 9.97 Å². The van der Waals surface area contributed by atoms with Gasteiger partial charge in [0.2, 0.25) is 0 Å². The number of aromatic nitrogens is 2. The van der Waals surface area contributed by atoms with Crippen LogP contribution in [0.25, 0.3) is 0 Å². The molecule has 1 rings (SSSR count). The molecule has 0 bridgehead atoms. The Morgan fingerprint density at radius 2 is 2.07 bits per heavy atom. The first-order valence-corrected chi connectivity index (χ1v) is 4.36. The van der Waals surface area contributed by atoms with Crippen molar-refractivity contribution in [3.05, 3.63) is 18.7 Å². The first kappa shape index (κ1) is 11.2. The van der Waals surface area contributed by atoms with E-state index in [0.29, 0.717) is 5.75 Å². The molecule has 6 nitrogen and oxygen atoms in total. The molecule has 0 aliphatic carbocycles. The molecule has 1 aromatic rings. The minimum atomic E-state index is -0.826. The number of nitrogens with two attached hydrogens (primary N) is 1. The molecule has 1 heterocycles. The second-order valence-corrected chi connectivity index (χ2v) is 3.54. The molecule has 0 saturated heterocycles. The van der Waals surface area contributed by atoms with Gasteiger partial charge in [-0.1, -0.05) is 0 Å². The summed E-state index contributed by atoms with van der Waals surface area (Å²) in [5.41, 5.74) is 4.13. The van der Waals surface area contributed by atoms with Crippen molar-refractivity contribution >= 4 is 6.09 Å². The largest absolute Gasteiger partial charge is 0.486 e. The third-order valence-electron chi connectivity index (χ3n) is 1.50. The summed E-state index contributed by atoms with van der Waals surface area (Å²) in [6.45, 7) is 3.58. The highest BCUT2D eigenvalue weighted by molar-refractivity contribution is 5.65. The maximum Gasteiger partial charge on any atom is 0.405 e. The third kappa shape index (κ3) is 4.26. The number of carbonyl (C=O) groups excluding carboxylic acids is 1. The van der Waals surface area contributed by atoms with Crippen LogP contribution in [0.3, 0.4) is 0 Å². The highest BCUT2D eigenvalue weighted by Gasteiger charge is 2.22. The van der Waals surface area contributed by atoms with E-state index in [1.807, 2.05) is 0 Å². The van der Waals surface area contributed by atoms with Gasteiger partial charge in [0.25, 0.3) is 0 Å². The van der Waals surface area contributed by atoms with Gasteiger partial charge in [0.05, 0.1) is 12.4 Å². The Bertz CT molecular complexity index is 327. The van der Waals surface area contributed by atoms with E-state index >= 15 is 0 Å². The lowest BCUT2D eigenvalue weighted by Gasteiger charge is -2.23. The summed E-state index contributed by atoms with van der Waals surface area (Å²) in [6, 6.07) is 0. The molecule has 0 aliphatic heterocycles. The van der Waals surface area contributed by atoms with E-state index in [-0.39, 0.29) is 6.61 Å². The van der Waals surface area contributed by atoms with Crippen LogP contribution in [-0.4, -0.2) is 28.3 Å². The van der Waals surface area contributed by atoms with Gasteiger partial charge in [0.1, 0.15) is 18.5 Å². The second kappa shape index (κ2) is 4.59. The molecule has 6 heteroatoms. The standard InChI is InChI=1S/C9H13N3O3/c1-9(2,15-8(10)13)5-14-7-3-11-6-12-4-7/h3-4,6H,5H2,1-2H3,(H2,10,13). The van der Waals surface area contributed by atoms with Crippen LogP contribution in [0.1, 0.15) is 13.8 Å². The zero-order valence-corrected chi connectivity index (χ0v) is 8.64. The van der Waals surface area contributed by atoms with Crippen LogP contribution in [0.15, 0.2) is 18.7 Å². The molecule has 0 aliphatic rings. The summed E-state index contributed by atoms with van der Waals surface area (Å²) in [4.78, 5) is 18.1. The molecule has 0 unspecified atom stereocenters. The van der Waals surface area contributed by atoms with Crippen LogP contribution in [-0.2, 0) is 4.74 Å². The molecule has 0 fully saturated rings. The summed E-state index contributed by atoms with van der Waals surface area (Å²) < 4.78 is 10.1. The van der Waals surface area contributed by atoms with Crippen molar-refractivity contribution in [2.75, 3.05) is 6.61 Å². The molecule has 1 amide bonds. The molecule has 0 atom stereocenters. The van der Waals surface area contributed by atoms with Gasteiger partial charge in [0.15, 0.2) is 5.75 Å². The summed E-state index contributed by atoms with van der Waals surface area (Å²) in [5.74, 6) is 0.513. The highest BCUT2D eigenvalue weighted by Crippen LogP contribution is 2.12. The number of carbonyl (C=O) groups is 1. The number of primary amides is 1. The SMILES string of the molecule is CC(C)(COc1cncnc1)OC(N)=O. The van der Waals surface area contributed by atoms with Crippen molar-refractivity contribution in [3.8, 4) is 5.75 Å². The molecule has 0 spiro atoms. The Morgan fingerprint density at radius 3 is 2.60 bits per heavy atom. The van der Waals surface area contributed by atoms with Gasteiger partial charge in [-0.05, 0) is 13.8 Å². The Labute approximate surface area is 87.4 Å². The average molecular weight is 211 g/mol. The van der Waals surface area contributed by atoms with Gasteiger partial charge in [-0.25, -0.2) is 14.8 Å². The monoisotopic (exact) mass is 211 g/mol. The molecule has 15 heavy (non-hydrogen) atoms. The number of nitrogens with zero attached hydrogens (tertiary/aromatic N) is 2. The van der Waals surface area contributed by atoms with E-state index in [1.54, 1.807) is 13.8 Å². The van der Waals surface area contributed by atoms with Gasteiger partial charge in [-0.3, -0.25) is 0 Å². The first-order valence-electron chi connectivity index (χ1n) is 4.36. The first-order chi connectivity index (χ1) is 6.99. The van der Waals surface area contributed by atoms with E-state index in [4.69, 9.17) is 15.2 Å². The van der Waals surface area contributed by atoms with Crippen molar-refractivity contribution < 1.29 is 14.3 Å². The fourth-order valence-corrected chi connectivity index (χ4v) is 0.919. The molecule has 0 aromatic carbocycles. The van der Waals surface area contributed by atoms with Crippen molar-refractivity contribution in [1.29, 1.82) is 0 Å². The quantitative estimate of drug-likeness (QED) is 0.793. The van der Waals surface area contributed by atoms with Crippen LogP contribution in [0.4, 0.5) is 4.79 Å². The maximum absolute atomic E-state index is 10.5. The average Bonchev–Trinajstić information content (AvgIpc) is 2.15. The van der Waals surface area contributed by atoms with Crippen LogP contribution in [0, 0.1) is 0 Å². The van der Waals surface area contributed by atoms with Gasteiger partial charge in [-0.2, -0.15) is 0 Å². The lowest BCUT2D eigenvalue weighted by molar-refractivity contribution is 0.00908. The van der Waals surface area contributed by atoms with Crippen LogP contribution >= 0.6 is 0 Å². The number of amides is 1. The minimum absolute atomic E-state index is 0.184. The minimum Gasteiger partial charge on any atom is -0.486 e. The molecule has 0 saturated carbocycles. The van der Waals surface area contributed by atoms with Gasteiger partial charge >= 0.3 is 6.09 Å². The lowest BCUT2D eigenvalue weighted by Crippen LogP contribution is -2.36. The Kier molecular flexibility index (Phi) is 3.43. The van der Waals surface area contributed by atoms with Gasteiger partial charge < -0.3 is 15.2 Å². The van der Waals surface area contributed by atoms with E-state index < -0.39 is 11.7 Å². The third-order valence-corrected chi connectivity index (χ3v) is 1.50. The normalized spacial score (nSPS) is 10.8. The number of ether oxygens (including phenoxy) is 2. The van der Waals surface area contributed by atoms with Crippen molar-refractivity contribution in [3.63, 3.8) is 0 Å². The number of rotatable bonds is 4. The molecular formula is C9H13N3O3. The summed E-state index contributed by atoms with van der Waals surface area (Å²) in [5, 5.41) is 0.